The third-order valence-electron chi connectivity index (χ3n) is 3.34. The van der Waals surface area contributed by atoms with Crippen molar-refractivity contribution in [1.82, 2.24) is 0 Å². The summed E-state index contributed by atoms with van der Waals surface area (Å²) in [6.07, 6.45) is 0. The molecule has 0 spiro atoms. The highest BCUT2D eigenvalue weighted by Gasteiger charge is 2.11. The van der Waals surface area contributed by atoms with Crippen molar-refractivity contribution in [1.29, 1.82) is 0 Å². The van der Waals surface area contributed by atoms with Gasteiger partial charge in [0.05, 0.1) is 18.4 Å². The molecule has 132 valence electrons. The summed E-state index contributed by atoms with van der Waals surface area (Å²) in [4.78, 5) is 23.8. The largest absolute Gasteiger partial charge is 0.465 e. The van der Waals surface area contributed by atoms with Gasteiger partial charge in [0, 0.05) is 16.9 Å². The molecule has 2 aromatic carbocycles. The second-order valence-corrected chi connectivity index (χ2v) is 7.12. The molecule has 0 bridgehead atoms. The first kappa shape index (κ1) is 18.5. The van der Waals surface area contributed by atoms with Crippen molar-refractivity contribution >= 4 is 33.3 Å². The maximum atomic E-state index is 12.3. The van der Waals surface area contributed by atoms with Crippen molar-refractivity contribution in [3.05, 3.63) is 59.7 Å². The number of anilines is 2. The normalized spacial score (nSPS) is 10.8. The molecule has 0 saturated heterocycles. The maximum absolute atomic E-state index is 12.3. The number of ether oxygens (including phenoxy) is 1. The van der Waals surface area contributed by atoms with Crippen molar-refractivity contribution in [2.24, 2.45) is 0 Å². The molecule has 1 amide bonds. The first-order valence-corrected chi connectivity index (χ1v) is 9.10. The van der Waals surface area contributed by atoms with E-state index in [2.05, 4.69) is 14.8 Å². The van der Waals surface area contributed by atoms with E-state index in [4.69, 9.17) is 0 Å². The molecule has 8 heteroatoms. The molecule has 25 heavy (non-hydrogen) atoms. The van der Waals surface area contributed by atoms with Gasteiger partial charge >= 0.3 is 5.97 Å². The molecule has 0 aliphatic heterocycles. The Morgan fingerprint density at radius 2 is 1.68 bits per heavy atom. The zero-order chi connectivity index (χ0) is 18.4. The molecule has 0 saturated carbocycles. The predicted molar refractivity (Wildman–Crippen MR) is 95.3 cm³/mol. The van der Waals surface area contributed by atoms with Crippen molar-refractivity contribution in [2.45, 2.75) is 6.92 Å². The quantitative estimate of drug-likeness (QED) is 0.769. The van der Waals surface area contributed by atoms with Crippen LogP contribution in [0.15, 0.2) is 48.5 Å². The molecule has 0 atom stereocenters. The van der Waals surface area contributed by atoms with Crippen LogP contribution in [0.3, 0.4) is 0 Å². The average molecular weight is 362 g/mol. The van der Waals surface area contributed by atoms with Crippen LogP contribution < -0.4 is 10.0 Å². The van der Waals surface area contributed by atoms with E-state index in [1.807, 2.05) is 0 Å². The lowest BCUT2D eigenvalue weighted by Gasteiger charge is -2.09. The molecule has 2 N–H and O–H groups in total. The molecule has 0 unspecified atom stereocenters. The van der Waals surface area contributed by atoms with Gasteiger partial charge in [0.15, 0.2) is 0 Å². The Morgan fingerprint density at radius 1 is 1.00 bits per heavy atom. The highest BCUT2D eigenvalue weighted by atomic mass is 32.2. The summed E-state index contributed by atoms with van der Waals surface area (Å²) in [5, 5.41) is 2.67. The van der Waals surface area contributed by atoms with Crippen LogP contribution in [0, 0.1) is 0 Å². The summed E-state index contributed by atoms with van der Waals surface area (Å²) in [6.45, 7) is 1.53. The third-order valence-corrected chi connectivity index (χ3v) is 4.65. The summed E-state index contributed by atoms with van der Waals surface area (Å²) in [5.41, 5.74) is 1.50. The number of benzene rings is 2. The molecular formula is C17H18N2O5S. The molecule has 0 aromatic heterocycles. The molecule has 0 fully saturated rings. The van der Waals surface area contributed by atoms with E-state index in [9.17, 15) is 18.0 Å². The summed E-state index contributed by atoms with van der Waals surface area (Å²) in [5.74, 6) is -0.915. The Bertz CT molecular complexity index is 876. The SMILES string of the molecule is CCS(=O)(=O)Nc1ccc(C(=O)Nc2cccc(C(=O)OC)c2)cc1. The minimum Gasteiger partial charge on any atom is -0.465 e. The second-order valence-electron chi connectivity index (χ2n) is 5.11. The fraction of sp³-hybridized carbons (Fsp3) is 0.176. The van der Waals surface area contributed by atoms with E-state index in [-0.39, 0.29) is 11.7 Å². The number of hydrogen-bond acceptors (Lipinski definition) is 5. The third kappa shape index (κ3) is 5.05. The first-order valence-electron chi connectivity index (χ1n) is 7.45. The number of amides is 1. The predicted octanol–water partition coefficient (Wildman–Crippen LogP) is 2.49. The molecule has 0 heterocycles. The van der Waals surface area contributed by atoms with Gasteiger partial charge in [0.2, 0.25) is 10.0 Å². The summed E-state index contributed by atoms with van der Waals surface area (Å²) in [7, 11) is -2.08. The van der Waals surface area contributed by atoms with Crippen LogP contribution in [0.25, 0.3) is 0 Å². The van der Waals surface area contributed by atoms with Crippen LogP contribution in [0.5, 0.6) is 0 Å². The molecule has 2 aromatic rings. The molecule has 0 aliphatic rings. The monoisotopic (exact) mass is 362 g/mol. The Morgan fingerprint density at radius 3 is 2.28 bits per heavy atom. The van der Waals surface area contributed by atoms with Gasteiger partial charge in [-0.1, -0.05) is 6.07 Å². The molecule has 2 rings (SSSR count). The number of nitrogens with one attached hydrogen (secondary N) is 2. The van der Waals surface area contributed by atoms with Crippen LogP contribution in [-0.4, -0.2) is 33.2 Å². The van der Waals surface area contributed by atoms with Gasteiger partial charge < -0.3 is 10.1 Å². The maximum Gasteiger partial charge on any atom is 0.337 e. The minimum atomic E-state index is -3.36. The Labute approximate surface area is 146 Å². The molecule has 0 aliphatic carbocycles. The first-order chi connectivity index (χ1) is 11.8. The zero-order valence-electron chi connectivity index (χ0n) is 13.8. The summed E-state index contributed by atoms with van der Waals surface area (Å²) in [6, 6.07) is 12.4. The van der Waals surface area contributed by atoms with Crippen molar-refractivity contribution in [3.63, 3.8) is 0 Å². The fourth-order valence-electron chi connectivity index (χ4n) is 1.99. The zero-order valence-corrected chi connectivity index (χ0v) is 14.6. The number of esters is 1. The molecular weight excluding hydrogens is 344 g/mol. The van der Waals surface area contributed by atoms with E-state index in [0.29, 0.717) is 22.5 Å². The lowest BCUT2D eigenvalue weighted by molar-refractivity contribution is 0.0600. The summed E-state index contributed by atoms with van der Waals surface area (Å²) < 4.78 is 30.1. The smallest absolute Gasteiger partial charge is 0.337 e. The Hall–Kier alpha value is -2.87. The van der Waals surface area contributed by atoms with Gasteiger partial charge in [0.25, 0.3) is 5.91 Å². The lowest BCUT2D eigenvalue weighted by atomic mass is 10.1. The van der Waals surface area contributed by atoms with Crippen molar-refractivity contribution < 1.29 is 22.7 Å². The highest BCUT2D eigenvalue weighted by molar-refractivity contribution is 7.92. The second kappa shape index (κ2) is 7.80. The van der Waals surface area contributed by atoms with Gasteiger partial charge in [-0.25, -0.2) is 13.2 Å². The molecule has 7 nitrogen and oxygen atoms in total. The number of carbonyl (C=O) groups is 2. The number of hydrogen-bond donors (Lipinski definition) is 2. The van der Waals surface area contributed by atoms with E-state index >= 15 is 0 Å². The van der Waals surface area contributed by atoms with E-state index in [0.717, 1.165) is 0 Å². The number of rotatable bonds is 6. The van der Waals surface area contributed by atoms with Gasteiger partial charge in [0.1, 0.15) is 0 Å². The van der Waals surface area contributed by atoms with Gasteiger partial charge in [-0.3, -0.25) is 9.52 Å². The van der Waals surface area contributed by atoms with Crippen LogP contribution >= 0.6 is 0 Å². The van der Waals surface area contributed by atoms with Crippen LogP contribution in [0.4, 0.5) is 11.4 Å². The lowest BCUT2D eigenvalue weighted by Crippen LogP contribution is -2.15. The molecule has 0 radical (unpaired) electrons. The Balaban J connectivity index is 2.10. The Kier molecular flexibility index (Phi) is 5.76. The van der Waals surface area contributed by atoms with Crippen molar-refractivity contribution in [3.8, 4) is 0 Å². The standard InChI is InChI=1S/C17H18N2O5S/c1-3-25(22,23)19-14-9-7-12(8-10-14)16(20)18-15-6-4-5-13(11-15)17(21)24-2/h4-11,19H,3H2,1-2H3,(H,18,20). The minimum absolute atomic E-state index is 0.0359. The highest BCUT2D eigenvalue weighted by Crippen LogP contribution is 2.15. The van der Waals surface area contributed by atoms with Crippen molar-refractivity contribution in [2.75, 3.05) is 22.9 Å². The van der Waals surface area contributed by atoms with E-state index in [1.165, 1.54) is 44.4 Å². The number of carbonyl (C=O) groups excluding carboxylic acids is 2. The number of sulfonamides is 1. The van der Waals surface area contributed by atoms with E-state index < -0.39 is 16.0 Å². The fourth-order valence-corrected chi connectivity index (χ4v) is 2.63. The summed E-state index contributed by atoms with van der Waals surface area (Å²) >= 11 is 0. The van der Waals surface area contributed by atoms with Gasteiger partial charge in [-0.2, -0.15) is 0 Å². The van der Waals surface area contributed by atoms with Crippen LogP contribution in [0.2, 0.25) is 0 Å². The van der Waals surface area contributed by atoms with Crippen LogP contribution in [0.1, 0.15) is 27.6 Å². The van der Waals surface area contributed by atoms with Crippen LogP contribution in [-0.2, 0) is 14.8 Å². The van der Waals surface area contributed by atoms with E-state index in [1.54, 1.807) is 18.2 Å². The van der Waals surface area contributed by atoms with Gasteiger partial charge in [-0.05, 0) is 49.4 Å². The topological polar surface area (TPSA) is 102 Å². The van der Waals surface area contributed by atoms with Gasteiger partial charge in [-0.15, -0.1) is 0 Å². The number of methoxy groups -OCH3 is 1. The average Bonchev–Trinajstić information content (AvgIpc) is 2.61.